The lowest BCUT2D eigenvalue weighted by molar-refractivity contribution is 0.245. The summed E-state index contributed by atoms with van der Waals surface area (Å²) in [7, 11) is 0. The van der Waals surface area contributed by atoms with Crippen LogP contribution in [0, 0.1) is 0 Å². The highest BCUT2D eigenvalue weighted by Gasteiger charge is 2.34. The van der Waals surface area contributed by atoms with E-state index in [1.165, 1.54) is 0 Å². The molecule has 1 aromatic heterocycles. The van der Waals surface area contributed by atoms with E-state index < -0.39 is 0 Å². The first kappa shape index (κ1) is 12.2. The summed E-state index contributed by atoms with van der Waals surface area (Å²) >= 11 is 0. The van der Waals surface area contributed by atoms with E-state index in [0.29, 0.717) is 11.7 Å². The van der Waals surface area contributed by atoms with E-state index in [4.69, 9.17) is 4.52 Å². The largest absolute Gasteiger partial charge is 0.508 e. The Hall–Kier alpha value is -1.88. The smallest absolute Gasteiger partial charge is 0.234 e. The number of benzene rings is 1. The first-order chi connectivity index (χ1) is 9.17. The maximum Gasteiger partial charge on any atom is 0.234 e. The van der Waals surface area contributed by atoms with Crippen LogP contribution >= 0.6 is 0 Å². The Morgan fingerprint density at radius 3 is 2.79 bits per heavy atom. The molecule has 0 aliphatic carbocycles. The van der Waals surface area contributed by atoms with E-state index in [-0.39, 0.29) is 11.2 Å². The van der Waals surface area contributed by atoms with E-state index in [1.54, 1.807) is 24.3 Å². The fourth-order valence-corrected chi connectivity index (χ4v) is 2.44. The quantitative estimate of drug-likeness (QED) is 0.864. The average molecular weight is 259 g/mol. The molecule has 5 heteroatoms. The molecule has 1 aliphatic rings. The molecule has 0 radical (unpaired) electrons. The van der Waals surface area contributed by atoms with Crippen molar-refractivity contribution in [1.29, 1.82) is 0 Å². The van der Waals surface area contributed by atoms with Gasteiger partial charge < -0.3 is 14.9 Å². The van der Waals surface area contributed by atoms with Crippen molar-refractivity contribution in [2.24, 2.45) is 0 Å². The molecule has 0 saturated carbocycles. The van der Waals surface area contributed by atoms with Gasteiger partial charge in [0, 0.05) is 12.1 Å². The van der Waals surface area contributed by atoms with Crippen LogP contribution in [0.25, 0.3) is 11.4 Å². The Morgan fingerprint density at radius 1 is 1.32 bits per heavy atom. The summed E-state index contributed by atoms with van der Waals surface area (Å²) in [4.78, 5) is 4.51. The Kier molecular flexibility index (Phi) is 2.98. The monoisotopic (exact) mass is 259 g/mol. The summed E-state index contributed by atoms with van der Waals surface area (Å²) in [5, 5.41) is 16.7. The van der Waals surface area contributed by atoms with Crippen LogP contribution in [0.15, 0.2) is 28.8 Å². The van der Waals surface area contributed by atoms with Crippen molar-refractivity contribution >= 4 is 0 Å². The van der Waals surface area contributed by atoms with Crippen molar-refractivity contribution in [3.8, 4) is 17.1 Å². The lowest BCUT2D eigenvalue weighted by Gasteiger charge is -2.30. The SMILES string of the molecule is CC1(c2nc(-c3ccc(O)cc3)no2)CCCNC1. The van der Waals surface area contributed by atoms with Gasteiger partial charge in [-0.05, 0) is 50.6 Å². The molecule has 5 nitrogen and oxygen atoms in total. The molecule has 1 fully saturated rings. The summed E-state index contributed by atoms with van der Waals surface area (Å²) in [6, 6.07) is 6.81. The Morgan fingerprint density at radius 2 is 2.11 bits per heavy atom. The zero-order valence-electron chi connectivity index (χ0n) is 10.9. The number of nitrogens with one attached hydrogen (secondary N) is 1. The summed E-state index contributed by atoms with van der Waals surface area (Å²) in [6.45, 7) is 4.06. The van der Waals surface area contributed by atoms with Gasteiger partial charge in [0.2, 0.25) is 11.7 Å². The number of hydrogen-bond acceptors (Lipinski definition) is 5. The van der Waals surface area contributed by atoms with Gasteiger partial charge in [-0.15, -0.1) is 0 Å². The van der Waals surface area contributed by atoms with Gasteiger partial charge in [-0.2, -0.15) is 4.98 Å². The molecule has 1 atom stereocenters. The second-order valence-corrected chi connectivity index (χ2v) is 5.31. The van der Waals surface area contributed by atoms with Crippen molar-refractivity contribution in [1.82, 2.24) is 15.5 Å². The number of aromatic hydroxyl groups is 1. The third-order valence-electron chi connectivity index (χ3n) is 3.67. The number of nitrogens with zero attached hydrogens (tertiary/aromatic N) is 2. The van der Waals surface area contributed by atoms with Crippen molar-refractivity contribution in [2.75, 3.05) is 13.1 Å². The number of aromatic nitrogens is 2. The van der Waals surface area contributed by atoms with Crippen LogP contribution in [-0.2, 0) is 5.41 Å². The van der Waals surface area contributed by atoms with Crippen LogP contribution in [-0.4, -0.2) is 28.3 Å². The lowest BCUT2D eigenvalue weighted by atomic mass is 9.83. The van der Waals surface area contributed by atoms with E-state index in [1.807, 2.05) is 0 Å². The molecule has 3 rings (SSSR count). The molecule has 1 unspecified atom stereocenters. The van der Waals surface area contributed by atoms with E-state index >= 15 is 0 Å². The molecule has 2 aromatic rings. The number of piperidine rings is 1. The predicted octanol–water partition coefficient (Wildman–Crippen LogP) is 2.08. The number of phenols is 1. The molecule has 0 bridgehead atoms. The normalized spacial score (nSPS) is 23.4. The second kappa shape index (κ2) is 4.66. The highest BCUT2D eigenvalue weighted by molar-refractivity contribution is 5.55. The summed E-state index contributed by atoms with van der Waals surface area (Å²) in [5.41, 5.74) is 0.764. The van der Waals surface area contributed by atoms with Gasteiger partial charge in [-0.1, -0.05) is 5.16 Å². The minimum atomic E-state index is -0.0829. The van der Waals surface area contributed by atoms with Crippen LogP contribution in [0.2, 0.25) is 0 Å². The lowest BCUT2D eigenvalue weighted by Crippen LogP contribution is -2.41. The third-order valence-corrected chi connectivity index (χ3v) is 3.67. The topological polar surface area (TPSA) is 71.2 Å². The minimum absolute atomic E-state index is 0.0829. The van der Waals surface area contributed by atoms with E-state index in [0.717, 1.165) is 31.5 Å². The first-order valence-electron chi connectivity index (χ1n) is 6.52. The number of rotatable bonds is 2. The van der Waals surface area contributed by atoms with Crippen molar-refractivity contribution in [3.63, 3.8) is 0 Å². The molecular formula is C14H17N3O2. The number of phenolic OH excluding ortho intramolecular Hbond substituents is 1. The first-order valence-corrected chi connectivity index (χ1v) is 6.52. The van der Waals surface area contributed by atoms with Gasteiger partial charge in [-0.25, -0.2) is 0 Å². The van der Waals surface area contributed by atoms with Gasteiger partial charge in [0.05, 0.1) is 5.41 Å². The molecule has 0 spiro atoms. The fraction of sp³-hybridized carbons (Fsp3) is 0.429. The molecular weight excluding hydrogens is 242 g/mol. The maximum absolute atomic E-state index is 9.28. The fourth-order valence-electron chi connectivity index (χ4n) is 2.44. The van der Waals surface area contributed by atoms with E-state index in [2.05, 4.69) is 22.4 Å². The zero-order chi connectivity index (χ0) is 13.3. The van der Waals surface area contributed by atoms with Crippen molar-refractivity contribution in [2.45, 2.75) is 25.2 Å². The van der Waals surface area contributed by atoms with Gasteiger partial charge in [-0.3, -0.25) is 0 Å². The van der Waals surface area contributed by atoms with Crippen LogP contribution in [0.5, 0.6) is 5.75 Å². The van der Waals surface area contributed by atoms with E-state index in [9.17, 15) is 5.11 Å². The molecule has 1 aliphatic heterocycles. The van der Waals surface area contributed by atoms with Gasteiger partial charge in [0.1, 0.15) is 5.75 Å². The molecule has 2 N–H and O–H groups in total. The standard InChI is InChI=1S/C14H17N3O2/c1-14(7-2-8-15-9-14)13-16-12(17-19-13)10-3-5-11(18)6-4-10/h3-6,15,18H,2,7-9H2,1H3. The van der Waals surface area contributed by atoms with Crippen LogP contribution in [0.3, 0.4) is 0 Å². The molecule has 2 heterocycles. The third kappa shape index (κ3) is 2.33. The van der Waals surface area contributed by atoms with Crippen molar-refractivity contribution < 1.29 is 9.63 Å². The molecule has 1 saturated heterocycles. The Balaban J connectivity index is 1.88. The molecule has 1 aromatic carbocycles. The van der Waals surface area contributed by atoms with Gasteiger partial charge >= 0.3 is 0 Å². The highest BCUT2D eigenvalue weighted by Crippen LogP contribution is 2.30. The molecule has 100 valence electrons. The summed E-state index contributed by atoms with van der Waals surface area (Å²) in [5.74, 6) is 1.49. The van der Waals surface area contributed by atoms with Crippen LogP contribution in [0.4, 0.5) is 0 Å². The van der Waals surface area contributed by atoms with Crippen LogP contribution < -0.4 is 5.32 Å². The number of hydrogen-bond donors (Lipinski definition) is 2. The predicted molar refractivity (Wildman–Crippen MR) is 70.9 cm³/mol. The second-order valence-electron chi connectivity index (χ2n) is 5.31. The zero-order valence-corrected chi connectivity index (χ0v) is 10.9. The Labute approximate surface area is 111 Å². The average Bonchev–Trinajstić information content (AvgIpc) is 2.91. The minimum Gasteiger partial charge on any atom is -0.508 e. The molecule has 0 amide bonds. The molecule has 19 heavy (non-hydrogen) atoms. The summed E-state index contributed by atoms with van der Waals surface area (Å²) in [6.07, 6.45) is 2.17. The van der Waals surface area contributed by atoms with Crippen LogP contribution in [0.1, 0.15) is 25.7 Å². The highest BCUT2D eigenvalue weighted by atomic mass is 16.5. The van der Waals surface area contributed by atoms with Gasteiger partial charge in [0.15, 0.2) is 0 Å². The Bertz CT molecular complexity index is 556. The maximum atomic E-state index is 9.28. The van der Waals surface area contributed by atoms with Crippen molar-refractivity contribution in [3.05, 3.63) is 30.2 Å². The summed E-state index contributed by atoms with van der Waals surface area (Å²) < 4.78 is 5.43. The van der Waals surface area contributed by atoms with Gasteiger partial charge in [0.25, 0.3) is 0 Å².